The average Bonchev–Trinajstić information content (AvgIpc) is 2.79. The zero-order chi connectivity index (χ0) is 14.7. The van der Waals surface area contributed by atoms with Crippen LogP contribution in [0.1, 0.15) is 48.0 Å². The summed E-state index contributed by atoms with van der Waals surface area (Å²) < 4.78 is 5.10. The first-order valence-corrected chi connectivity index (χ1v) is 6.99. The monoisotopic (exact) mass is 280 g/mol. The second-order valence-corrected chi connectivity index (χ2v) is 5.25. The van der Waals surface area contributed by atoms with E-state index in [1.807, 2.05) is 6.92 Å². The van der Waals surface area contributed by atoms with Crippen molar-refractivity contribution in [3.05, 3.63) is 17.0 Å². The molecule has 6 nitrogen and oxygen atoms in total. The maximum atomic E-state index is 12.5. The number of hydrogen-bond acceptors (Lipinski definition) is 4. The number of likely N-dealkylation sites (tertiary alicyclic amines) is 1. The summed E-state index contributed by atoms with van der Waals surface area (Å²) in [6, 6.07) is 0. The number of carbonyl (C=O) groups excluding carboxylic acids is 1. The molecule has 2 rings (SSSR count). The van der Waals surface area contributed by atoms with E-state index in [1.54, 1.807) is 11.8 Å². The highest BCUT2D eigenvalue weighted by Gasteiger charge is 2.28. The van der Waals surface area contributed by atoms with Crippen LogP contribution in [0.3, 0.4) is 0 Å². The molecule has 0 unspecified atom stereocenters. The summed E-state index contributed by atoms with van der Waals surface area (Å²) in [5, 5.41) is 12.7. The quantitative estimate of drug-likeness (QED) is 0.910. The smallest absolute Gasteiger partial charge is 0.303 e. The molecule has 0 radical (unpaired) electrons. The molecule has 1 aliphatic rings. The number of nitrogens with zero attached hydrogens (tertiary/aromatic N) is 2. The normalized spacial score (nSPS) is 16.4. The van der Waals surface area contributed by atoms with Gasteiger partial charge >= 0.3 is 5.97 Å². The van der Waals surface area contributed by atoms with Crippen molar-refractivity contribution in [1.82, 2.24) is 10.1 Å². The van der Waals surface area contributed by atoms with Gasteiger partial charge in [-0.3, -0.25) is 9.59 Å². The van der Waals surface area contributed by atoms with Crippen LogP contribution < -0.4 is 0 Å². The highest BCUT2D eigenvalue weighted by Crippen LogP contribution is 2.24. The molecule has 0 saturated carbocycles. The van der Waals surface area contributed by atoms with Crippen molar-refractivity contribution < 1.29 is 19.2 Å². The number of hydrogen-bond donors (Lipinski definition) is 1. The molecule has 0 aromatic carbocycles. The maximum Gasteiger partial charge on any atom is 0.303 e. The Balaban J connectivity index is 2.01. The zero-order valence-electron chi connectivity index (χ0n) is 11.9. The standard InChI is InChI=1S/C14H20N2O4/c1-3-11-13(9(2)20-15-11)14(19)16-6-4-10(5-7-16)8-12(17)18/h10H,3-8H2,1-2H3,(H,17,18). The molecule has 2 heterocycles. The number of aromatic nitrogens is 1. The summed E-state index contributed by atoms with van der Waals surface area (Å²) in [7, 11) is 0. The van der Waals surface area contributed by atoms with Gasteiger partial charge in [-0.15, -0.1) is 0 Å². The van der Waals surface area contributed by atoms with Crippen molar-refractivity contribution in [2.24, 2.45) is 5.92 Å². The van der Waals surface area contributed by atoms with E-state index in [0.29, 0.717) is 36.5 Å². The lowest BCUT2D eigenvalue weighted by molar-refractivity contribution is -0.138. The molecule has 1 fully saturated rings. The molecule has 1 aromatic heterocycles. The fraction of sp³-hybridized carbons (Fsp3) is 0.643. The molecule has 1 aliphatic heterocycles. The summed E-state index contributed by atoms with van der Waals surface area (Å²) in [6.07, 6.45) is 2.33. The number of aliphatic carboxylic acids is 1. The van der Waals surface area contributed by atoms with Crippen LogP contribution >= 0.6 is 0 Å². The predicted octanol–water partition coefficient (Wildman–Crippen LogP) is 1.87. The molecule has 1 N–H and O–H groups in total. The first-order valence-electron chi connectivity index (χ1n) is 6.99. The van der Waals surface area contributed by atoms with Crippen LogP contribution in [0, 0.1) is 12.8 Å². The number of amides is 1. The lowest BCUT2D eigenvalue weighted by atomic mass is 9.93. The highest BCUT2D eigenvalue weighted by atomic mass is 16.5. The Morgan fingerprint density at radius 3 is 2.60 bits per heavy atom. The van der Waals surface area contributed by atoms with Crippen LogP contribution in [-0.4, -0.2) is 40.1 Å². The van der Waals surface area contributed by atoms with Crippen LogP contribution in [-0.2, 0) is 11.2 Å². The van der Waals surface area contributed by atoms with E-state index in [4.69, 9.17) is 9.63 Å². The largest absolute Gasteiger partial charge is 0.481 e. The SMILES string of the molecule is CCc1noc(C)c1C(=O)N1CCC(CC(=O)O)CC1. The number of piperidine rings is 1. The van der Waals surface area contributed by atoms with Gasteiger partial charge in [-0.1, -0.05) is 12.1 Å². The van der Waals surface area contributed by atoms with Gasteiger partial charge in [-0.25, -0.2) is 0 Å². The van der Waals surface area contributed by atoms with Gasteiger partial charge in [0, 0.05) is 19.5 Å². The summed E-state index contributed by atoms with van der Waals surface area (Å²) in [5.41, 5.74) is 1.27. The molecule has 0 bridgehead atoms. The Labute approximate surface area is 117 Å². The molecular formula is C14H20N2O4. The van der Waals surface area contributed by atoms with Gasteiger partial charge < -0.3 is 14.5 Å². The average molecular weight is 280 g/mol. The van der Waals surface area contributed by atoms with E-state index in [9.17, 15) is 9.59 Å². The summed E-state index contributed by atoms with van der Waals surface area (Å²) >= 11 is 0. The van der Waals surface area contributed by atoms with Crippen molar-refractivity contribution in [1.29, 1.82) is 0 Å². The van der Waals surface area contributed by atoms with Gasteiger partial charge in [0.1, 0.15) is 11.3 Å². The lowest BCUT2D eigenvalue weighted by Crippen LogP contribution is -2.39. The molecule has 6 heteroatoms. The molecule has 1 saturated heterocycles. The van der Waals surface area contributed by atoms with Crippen molar-refractivity contribution in [2.45, 2.75) is 39.5 Å². The molecule has 1 aromatic rings. The van der Waals surface area contributed by atoms with E-state index in [0.717, 1.165) is 12.8 Å². The Morgan fingerprint density at radius 1 is 1.40 bits per heavy atom. The molecule has 0 aliphatic carbocycles. The number of carboxylic acids is 1. The van der Waals surface area contributed by atoms with Crippen molar-refractivity contribution in [3.8, 4) is 0 Å². The first kappa shape index (κ1) is 14.6. The number of rotatable bonds is 4. The second-order valence-electron chi connectivity index (χ2n) is 5.25. The summed E-state index contributed by atoms with van der Waals surface area (Å²) in [4.78, 5) is 25.0. The van der Waals surface area contributed by atoms with Gasteiger partial charge in [0.2, 0.25) is 0 Å². The van der Waals surface area contributed by atoms with Crippen LogP contribution in [0.5, 0.6) is 0 Å². The third-order valence-electron chi connectivity index (χ3n) is 3.85. The fourth-order valence-corrected chi connectivity index (χ4v) is 2.68. The van der Waals surface area contributed by atoms with Crippen LogP contribution in [0.4, 0.5) is 0 Å². The van der Waals surface area contributed by atoms with Crippen molar-refractivity contribution >= 4 is 11.9 Å². The van der Waals surface area contributed by atoms with Crippen molar-refractivity contribution in [2.75, 3.05) is 13.1 Å². The van der Waals surface area contributed by atoms with Crippen molar-refractivity contribution in [3.63, 3.8) is 0 Å². The third-order valence-corrected chi connectivity index (χ3v) is 3.85. The Kier molecular flexibility index (Phi) is 4.42. The summed E-state index contributed by atoms with van der Waals surface area (Å²) in [5.74, 6) is -0.0856. The second kappa shape index (κ2) is 6.07. The predicted molar refractivity (Wildman–Crippen MR) is 71.5 cm³/mol. The van der Waals surface area contributed by atoms with Gasteiger partial charge in [0.15, 0.2) is 0 Å². The van der Waals surface area contributed by atoms with E-state index in [1.165, 1.54) is 0 Å². The fourth-order valence-electron chi connectivity index (χ4n) is 2.68. The van der Waals surface area contributed by atoms with Gasteiger partial charge in [-0.2, -0.15) is 0 Å². The van der Waals surface area contributed by atoms with Crippen LogP contribution in [0.2, 0.25) is 0 Å². The van der Waals surface area contributed by atoms with E-state index in [-0.39, 0.29) is 18.2 Å². The highest BCUT2D eigenvalue weighted by molar-refractivity contribution is 5.96. The van der Waals surface area contributed by atoms with Gasteiger partial charge in [-0.05, 0) is 32.1 Å². The number of carbonyl (C=O) groups is 2. The molecule has 20 heavy (non-hydrogen) atoms. The maximum absolute atomic E-state index is 12.5. The minimum absolute atomic E-state index is 0.0469. The Bertz CT molecular complexity index is 501. The van der Waals surface area contributed by atoms with Gasteiger partial charge in [0.05, 0.1) is 5.69 Å². The van der Waals surface area contributed by atoms with E-state index in [2.05, 4.69) is 5.16 Å². The minimum atomic E-state index is -0.766. The summed E-state index contributed by atoms with van der Waals surface area (Å²) in [6.45, 7) is 4.89. The van der Waals surface area contributed by atoms with E-state index < -0.39 is 5.97 Å². The van der Waals surface area contributed by atoms with Crippen LogP contribution in [0.25, 0.3) is 0 Å². The minimum Gasteiger partial charge on any atom is -0.481 e. The Morgan fingerprint density at radius 2 is 2.05 bits per heavy atom. The van der Waals surface area contributed by atoms with E-state index >= 15 is 0 Å². The topological polar surface area (TPSA) is 83.6 Å². The third kappa shape index (κ3) is 3.00. The molecular weight excluding hydrogens is 260 g/mol. The molecule has 0 atom stereocenters. The molecule has 110 valence electrons. The van der Waals surface area contributed by atoms with Gasteiger partial charge in [0.25, 0.3) is 5.91 Å². The lowest BCUT2D eigenvalue weighted by Gasteiger charge is -2.31. The molecule has 1 amide bonds. The molecule has 0 spiro atoms. The first-order chi connectivity index (χ1) is 9.52. The zero-order valence-corrected chi connectivity index (χ0v) is 11.9. The Hall–Kier alpha value is -1.85. The number of carboxylic acid groups (broad SMARTS) is 1. The number of aryl methyl sites for hydroxylation is 2. The van der Waals surface area contributed by atoms with Crippen LogP contribution in [0.15, 0.2) is 4.52 Å².